The number of benzene rings is 1. The molecule has 0 spiro atoms. The zero-order chi connectivity index (χ0) is 15.6. The van der Waals surface area contributed by atoms with Crippen molar-refractivity contribution in [3.8, 4) is 5.75 Å². The molecule has 0 bridgehead atoms. The molecule has 0 aliphatic carbocycles. The fourth-order valence-electron chi connectivity index (χ4n) is 1.66. The molecule has 0 saturated heterocycles. The minimum atomic E-state index is -0.971. The summed E-state index contributed by atoms with van der Waals surface area (Å²) in [5.74, 6) is -0.615. The molecule has 4 nitrogen and oxygen atoms in total. The molecule has 0 atom stereocenters. The predicted molar refractivity (Wildman–Crippen MR) is 84.5 cm³/mol. The molecule has 1 aromatic heterocycles. The number of nitrogens with zero attached hydrogens (tertiary/aromatic N) is 1. The van der Waals surface area contributed by atoms with E-state index in [2.05, 4.69) is 4.98 Å². The number of carbonyl (C=O) groups is 1. The van der Waals surface area contributed by atoms with Gasteiger partial charge in [0.25, 0.3) is 0 Å². The van der Waals surface area contributed by atoms with Gasteiger partial charge in [-0.15, -0.1) is 11.3 Å². The van der Waals surface area contributed by atoms with Crippen LogP contribution in [0.4, 0.5) is 0 Å². The highest BCUT2D eigenvalue weighted by atomic mass is 35.5. The Balaban J connectivity index is 2.02. The predicted octanol–water partition coefficient (Wildman–Crippen LogP) is 4.73. The maximum absolute atomic E-state index is 10.9. The lowest BCUT2D eigenvalue weighted by Crippen LogP contribution is -2.02. The minimum absolute atomic E-state index is 0.243. The van der Waals surface area contributed by atoms with Crippen molar-refractivity contribution in [1.82, 2.24) is 4.98 Å². The zero-order valence-electron chi connectivity index (χ0n) is 10.8. The third kappa shape index (κ3) is 4.01. The van der Waals surface area contributed by atoms with Crippen LogP contribution < -0.4 is 4.74 Å². The number of aryl methyl sites for hydroxylation is 1. The van der Waals surface area contributed by atoms with E-state index in [1.807, 2.05) is 0 Å². The van der Waals surface area contributed by atoms with Crippen molar-refractivity contribution < 1.29 is 14.6 Å². The van der Waals surface area contributed by atoms with Gasteiger partial charge in [0.1, 0.15) is 4.88 Å². The molecule has 112 valence electrons. The molecular formula is C13H10Cl3NO3S. The summed E-state index contributed by atoms with van der Waals surface area (Å²) in [4.78, 5) is 15.4. The Morgan fingerprint density at radius 1 is 1.33 bits per heavy atom. The summed E-state index contributed by atoms with van der Waals surface area (Å²) in [5, 5.41) is 10.7. The quantitative estimate of drug-likeness (QED) is 0.831. The van der Waals surface area contributed by atoms with Crippen molar-refractivity contribution >= 4 is 52.1 Å². The van der Waals surface area contributed by atoms with Crippen LogP contribution in [0.1, 0.15) is 20.4 Å². The number of aromatic nitrogens is 1. The summed E-state index contributed by atoms with van der Waals surface area (Å²) >= 11 is 19.0. The smallest absolute Gasteiger partial charge is 0.347 e. The van der Waals surface area contributed by atoms with Gasteiger partial charge in [0.15, 0.2) is 5.75 Å². The van der Waals surface area contributed by atoms with Crippen LogP contribution in [-0.4, -0.2) is 22.7 Å². The Kier molecular flexibility index (Phi) is 5.32. The second-order valence-electron chi connectivity index (χ2n) is 4.12. The number of carboxylic acid groups (broad SMARTS) is 1. The van der Waals surface area contributed by atoms with E-state index < -0.39 is 5.97 Å². The summed E-state index contributed by atoms with van der Waals surface area (Å²) in [5.41, 5.74) is 0.505. The third-order valence-corrected chi connectivity index (χ3v) is 4.55. The summed E-state index contributed by atoms with van der Waals surface area (Å²) in [6.07, 6.45) is 0.466. The molecule has 2 rings (SSSR count). The minimum Gasteiger partial charge on any atom is -0.490 e. The summed E-state index contributed by atoms with van der Waals surface area (Å²) in [7, 11) is 0. The first kappa shape index (κ1) is 16.4. The van der Waals surface area contributed by atoms with E-state index in [0.29, 0.717) is 37.9 Å². The molecule has 1 aromatic carbocycles. The molecule has 0 fully saturated rings. The molecule has 0 unspecified atom stereocenters. The fourth-order valence-corrected chi connectivity index (χ4v) is 3.48. The van der Waals surface area contributed by atoms with E-state index in [0.717, 1.165) is 11.3 Å². The number of hydrogen-bond donors (Lipinski definition) is 1. The largest absolute Gasteiger partial charge is 0.490 e. The molecule has 0 radical (unpaired) electrons. The maximum atomic E-state index is 10.9. The molecule has 21 heavy (non-hydrogen) atoms. The van der Waals surface area contributed by atoms with E-state index in [-0.39, 0.29) is 11.5 Å². The summed E-state index contributed by atoms with van der Waals surface area (Å²) in [6.45, 7) is 1.95. The second kappa shape index (κ2) is 6.83. The second-order valence-corrected chi connectivity index (χ2v) is 6.46. The van der Waals surface area contributed by atoms with Crippen LogP contribution in [-0.2, 0) is 6.42 Å². The normalized spacial score (nSPS) is 10.7. The molecule has 1 N–H and O–H groups in total. The van der Waals surface area contributed by atoms with Gasteiger partial charge in [-0.1, -0.05) is 34.8 Å². The van der Waals surface area contributed by atoms with Crippen molar-refractivity contribution in [2.24, 2.45) is 0 Å². The number of hydrogen-bond acceptors (Lipinski definition) is 4. The molecule has 2 aromatic rings. The van der Waals surface area contributed by atoms with Crippen molar-refractivity contribution in [3.05, 3.63) is 42.8 Å². The lowest BCUT2D eigenvalue weighted by Gasteiger charge is -2.09. The Labute approximate surface area is 140 Å². The van der Waals surface area contributed by atoms with Crippen molar-refractivity contribution in [3.63, 3.8) is 0 Å². The average Bonchev–Trinajstić information content (AvgIpc) is 2.74. The van der Waals surface area contributed by atoms with Gasteiger partial charge in [-0.25, -0.2) is 9.78 Å². The van der Waals surface area contributed by atoms with Crippen LogP contribution in [0.2, 0.25) is 15.1 Å². The number of rotatable bonds is 5. The topological polar surface area (TPSA) is 59.4 Å². The van der Waals surface area contributed by atoms with Crippen molar-refractivity contribution in [1.29, 1.82) is 0 Å². The SMILES string of the molecule is Cc1nc(CCOc2c(Cl)cc(Cl)cc2Cl)sc1C(=O)O. The van der Waals surface area contributed by atoms with Crippen LogP contribution in [0.5, 0.6) is 5.75 Å². The Morgan fingerprint density at radius 2 is 1.95 bits per heavy atom. The lowest BCUT2D eigenvalue weighted by molar-refractivity contribution is 0.0701. The molecule has 0 amide bonds. The molecular weight excluding hydrogens is 357 g/mol. The lowest BCUT2D eigenvalue weighted by atomic mass is 10.3. The van der Waals surface area contributed by atoms with Crippen LogP contribution in [0, 0.1) is 6.92 Å². The van der Waals surface area contributed by atoms with Crippen LogP contribution >= 0.6 is 46.1 Å². The third-order valence-electron chi connectivity index (χ3n) is 2.56. The van der Waals surface area contributed by atoms with E-state index in [4.69, 9.17) is 44.6 Å². The average molecular weight is 367 g/mol. The number of carboxylic acids is 1. The highest BCUT2D eigenvalue weighted by molar-refractivity contribution is 7.13. The number of halogens is 3. The van der Waals surface area contributed by atoms with Gasteiger partial charge in [-0.05, 0) is 19.1 Å². The van der Waals surface area contributed by atoms with E-state index in [9.17, 15) is 4.79 Å². The number of thiazole rings is 1. The fraction of sp³-hybridized carbons (Fsp3) is 0.231. The Morgan fingerprint density at radius 3 is 2.48 bits per heavy atom. The molecule has 0 aliphatic rings. The maximum Gasteiger partial charge on any atom is 0.347 e. The number of ether oxygens (including phenoxy) is 1. The molecule has 1 heterocycles. The van der Waals surface area contributed by atoms with E-state index >= 15 is 0 Å². The van der Waals surface area contributed by atoms with Crippen molar-refractivity contribution in [2.45, 2.75) is 13.3 Å². The molecule has 0 aliphatic heterocycles. The highest BCUT2D eigenvalue weighted by Crippen LogP contribution is 2.35. The summed E-state index contributed by atoms with van der Waals surface area (Å²) < 4.78 is 5.53. The van der Waals surface area contributed by atoms with Gasteiger partial charge in [-0.3, -0.25) is 0 Å². The first-order valence-corrected chi connectivity index (χ1v) is 7.80. The molecule has 0 saturated carbocycles. The standard InChI is InChI=1S/C13H10Cl3NO3S/c1-6-12(13(18)19)21-10(17-6)2-3-20-11-8(15)4-7(14)5-9(11)16/h4-5H,2-3H2,1H3,(H,18,19). The van der Waals surface area contributed by atoms with Gasteiger partial charge >= 0.3 is 5.97 Å². The van der Waals surface area contributed by atoms with Crippen LogP contribution in [0.3, 0.4) is 0 Å². The summed E-state index contributed by atoms with van der Waals surface area (Å²) in [6, 6.07) is 3.08. The first-order chi connectivity index (χ1) is 9.88. The van der Waals surface area contributed by atoms with Gasteiger partial charge in [0.2, 0.25) is 0 Å². The Bertz CT molecular complexity index is 664. The van der Waals surface area contributed by atoms with E-state index in [1.54, 1.807) is 19.1 Å². The van der Waals surface area contributed by atoms with Crippen molar-refractivity contribution in [2.75, 3.05) is 6.61 Å². The van der Waals surface area contributed by atoms with Crippen LogP contribution in [0.25, 0.3) is 0 Å². The highest BCUT2D eigenvalue weighted by Gasteiger charge is 2.14. The van der Waals surface area contributed by atoms with Gasteiger partial charge in [0, 0.05) is 11.4 Å². The first-order valence-electron chi connectivity index (χ1n) is 5.85. The van der Waals surface area contributed by atoms with Gasteiger partial charge in [-0.2, -0.15) is 0 Å². The zero-order valence-corrected chi connectivity index (χ0v) is 13.9. The van der Waals surface area contributed by atoms with E-state index in [1.165, 1.54) is 0 Å². The monoisotopic (exact) mass is 365 g/mol. The number of aromatic carboxylic acids is 1. The van der Waals surface area contributed by atoms with Gasteiger partial charge < -0.3 is 9.84 Å². The van der Waals surface area contributed by atoms with Gasteiger partial charge in [0.05, 0.1) is 27.4 Å². The van der Waals surface area contributed by atoms with Crippen LogP contribution in [0.15, 0.2) is 12.1 Å². The Hall–Kier alpha value is -1.01. The molecule has 8 heteroatoms.